The summed E-state index contributed by atoms with van der Waals surface area (Å²) < 4.78 is 5.20. The molecule has 2 N–H and O–H groups in total. The first-order chi connectivity index (χ1) is 9.47. The van der Waals surface area contributed by atoms with Gasteiger partial charge < -0.3 is 20.3 Å². The van der Waals surface area contributed by atoms with Crippen molar-refractivity contribution in [1.29, 1.82) is 0 Å². The number of likely N-dealkylation sites (tertiary alicyclic amines) is 1. The van der Waals surface area contributed by atoms with E-state index in [1.165, 1.54) is 19.4 Å². The highest BCUT2D eigenvalue weighted by atomic mass is 16.5. The van der Waals surface area contributed by atoms with Gasteiger partial charge in [-0.25, -0.2) is 4.79 Å². The van der Waals surface area contributed by atoms with Crippen molar-refractivity contribution in [3.8, 4) is 0 Å². The number of likely N-dealkylation sites (N-methyl/N-ethyl adjacent to an activating group) is 2. The van der Waals surface area contributed by atoms with Crippen LogP contribution in [0.1, 0.15) is 32.6 Å². The van der Waals surface area contributed by atoms with Gasteiger partial charge in [-0.1, -0.05) is 0 Å². The Kier molecular flexibility index (Phi) is 5.04. The third-order valence-electron chi connectivity index (χ3n) is 4.69. The molecule has 0 bridgehead atoms. The monoisotopic (exact) mass is 283 g/mol. The fraction of sp³-hybridized carbons (Fsp3) is 0.933. The van der Waals surface area contributed by atoms with Crippen molar-refractivity contribution in [2.24, 2.45) is 11.7 Å². The lowest BCUT2D eigenvalue weighted by Crippen LogP contribution is -2.59. The molecule has 2 fully saturated rings. The maximum atomic E-state index is 12.2. The van der Waals surface area contributed by atoms with E-state index in [0.717, 1.165) is 19.4 Å². The summed E-state index contributed by atoms with van der Waals surface area (Å²) in [5.41, 5.74) is 5.60. The Balaban J connectivity index is 1.92. The molecule has 116 valence electrons. The van der Waals surface area contributed by atoms with Crippen molar-refractivity contribution in [2.75, 3.05) is 40.3 Å². The Morgan fingerprint density at radius 1 is 1.45 bits per heavy atom. The van der Waals surface area contributed by atoms with Crippen LogP contribution in [0.25, 0.3) is 0 Å². The van der Waals surface area contributed by atoms with Crippen molar-refractivity contribution < 1.29 is 9.53 Å². The number of carbonyl (C=O) groups excluding carboxylic acids is 1. The third kappa shape index (κ3) is 3.51. The third-order valence-corrected chi connectivity index (χ3v) is 4.69. The van der Waals surface area contributed by atoms with Gasteiger partial charge in [-0.3, -0.25) is 0 Å². The smallest absolute Gasteiger partial charge is 0.327 e. The van der Waals surface area contributed by atoms with Crippen LogP contribution < -0.4 is 5.73 Å². The molecule has 1 aliphatic carbocycles. The topological polar surface area (TPSA) is 58.8 Å². The Labute approximate surface area is 122 Å². The molecular weight excluding hydrogens is 254 g/mol. The van der Waals surface area contributed by atoms with Crippen LogP contribution in [-0.4, -0.2) is 67.7 Å². The number of carbonyl (C=O) groups is 1. The van der Waals surface area contributed by atoms with E-state index in [9.17, 15) is 4.79 Å². The first-order valence-corrected chi connectivity index (χ1v) is 7.82. The molecule has 2 rings (SSSR count). The van der Waals surface area contributed by atoms with Gasteiger partial charge in [0.2, 0.25) is 0 Å². The molecule has 0 spiro atoms. The largest absolute Gasteiger partial charge is 0.465 e. The molecule has 0 aromatic rings. The number of nitrogens with zero attached hydrogens (tertiary/aromatic N) is 2. The summed E-state index contributed by atoms with van der Waals surface area (Å²) in [5, 5.41) is 0. The fourth-order valence-electron chi connectivity index (χ4n) is 3.31. The van der Waals surface area contributed by atoms with Gasteiger partial charge in [0.15, 0.2) is 0 Å². The normalized spacial score (nSPS) is 26.8. The highest BCUT2D eigenvalue weighted by Gasteiger charge is 2.49. The van der Waals surface area contributed by atoms with Crippen molar-refractivity contribution in [1.82, 2.24) is 9.80 Å². The summed E-state index contributed by atoms with van der Waals surface area (Å²) in [7, 11) is 4.24. The molecule has 0 radical (unpaired) electrons. The van der Waals surface area contributed by atoms with Gasteiger partial charge in [0.25, 0.3) is 0 Å². The van der Waals surface area contributed by atoms with Gasteiger partial charge in [-0.15, -0.1) is 0 Å². The number of esters is 1. The molecule has 5 nitrogen and oxygen atoms in total. The van der Waals surface area contributed by atoms with Crippen LogP contribution in [-0.2, 0) is 9.53 Å². The van der Waals surface area contributed by atoms with Gasteiger partial charge in [0.05, 0.1) is 6.61 Å². The van der Waals surface area contributed by atoms with E-state index in [2.05, 4.69) is 23.9 Å². The zero-order valence-electron chi connectivity index (χ0n) is 13.1. The number of nitrogens with two attached hydrogens (primary N) is 1. The fourth-order valence-corrected chi connectivity index (χ4v) is 3.31. The summed E-state index contributed by atoms with van der Waals surface area (Å²) >= 11 is 0. The van der Waals surface area contributed by atoms with E-state index in [1.807, 2.05) is 6.92 Å². The highest BCUT2D eigenvalue weighted by Crippen LogP contribution is 2.39. The molecular formula is C15H29N3O2. The van der Waals surface area contributed by atoms with Gasteiger partial charge in [0, 0.05) is 19.1 Å². The summed E-state index contributed by atoms with van der Waals surface area (Å²) in [5.74, 6) is 0.0689. The number of ether oxygens (including phenoxy) is 1. The van der Waals surface area contributed by atoms with Crippen molar-refractivity contribution in [3.63, 3.8) is 0 Å². The van der Waals surface area contributed by atoms with Crippen LogP contribution in [0.15, 0.2) is 0 Å². The average molecular weight is 283 g/mol. The zero-order valence-corrected chi connectivity index (χ0v) is 13.1. The molecule has 1 aliphatic heterocycles. The van der Waals surface area contributed by atoms with Crippen molar-refractivity contribution >= 4 is 5.97 Å². The predicted molar refractivity (Wildman–Crippen MR) is 79.4 cm³/mol. The SMILES string of the molecule is CCOC(=O)C(N)(CN(C)CC1CCCN1C)C1CC1. The van der Waals surface area contributed by atoms with E-state index in [4.69, 9.17) is 10.5 Å². The molecule has 0 amide bonds. The van der Waals surface area contributed by atoms with E-state index in [-0.39, 0.29) is 5.97 Å². The summed E-state index contributed by atoms with van der Waals surface area (Å²) in [6.45, 7) is 4.98. The van der Waals surface area contributed by atoms with Gasteiger partial charge >= 0.3 is 5.97 Å². The molecule has 0 aromatic heterocycles. The first-order valence-electron chi connectivity index (χ1n) is 7.82. The van der Waals surface area contributed by atoms with E-state index < -0.39 is 5.54 Å². The second-order valence-corrected chi connectivity index (χ2v) is 6.51. The summed E-state index contributed by atoms with van der Waals surface area (Å²) in [6, 6.07) is 0.589. The quantitative estimate of drug-likeness (QED) is 0.696. The number of hydrogen-bond acceptors (Lipinski definition) is 5. The molecule has 1 heterocycles. The molecule has 5 heteroatoms. The number of rotatable bonds is 7. The lowest BCUT2D eigenvalue weighted by atomic mass is 9.93. The van der Waals surface area contributed by atoms with E-state index >= 15 is 0 Å². The van der Waals surface area contributed by atoms with Gasteiger partial charge in [-0.05, 0) is 59.2 Å². The molecule has 0 aromatic carbocycles. The Morgan fingerprint density at radius 2 is 2.15 bits per heavy atom. The zero-order chi connectivity index (χ0) is 14.8. The number of hydrogen-bond donors (Lipinski definition) is 1. The van der Waals surface area contributed by atoms with Gasteiger partial charge in [-0.2, -0.15) is 0 Å². The molecule has 2 atom stereocenters. The van der Waals surface area contributed by atoms with Crippen LogP contribution in [0.4, 0.5) is 0 Å². The maximum Gasteiger partial charge on any atom is 0.327 e. The Hall–Kier alpha value is -0.650. The predicted octanol–water partition coefficient (Wildman–Crippen LogP) is 0.683. The molecule has 2 unspecified atom stereocenters. The minimum atomic E-state index is -0.818. The van der Waals surface area contributed by atoms with E-state index in [1.54, 1.807) is 0 Å². The minimum Gasteiger partial charge on any atom is -0.465 e. The molecule has 2 aliphatic rings. The minimum absolute atomic E-state index is 0.228. The molecule has 1 saturated carbocycles. The standard InChI is InChI=1S/C15H29N3O2/c1-4-20-14(19)15(16,12-7-8-12)11-17(2)10-13-6-5-9-18(13)3/h12-13H,4-11,16H2,1-3H3. The lowest BCUT2D eigenvalue weighted by Gasteiger charge is -2.34. The lowest BCUT2D eigenvalue weighted by molar-refractivity contribution is -0.151. The summed E-state index contributed by atoms with van der Waals surface area (Å²) in [6.07, 6.45) is 4.60. The van der Waals surface area contributed by atoms with Crippen molar-refractivity contribution in [2.45, 2.75) is 44.2 Å². The molecule has 1 saturated heterocycles. The van der Waals surface area contributed by atoms with Crippen LogP contribution in [0, 0.1) is 5.92 Å². The van der Waals surface area contributed by atoms with E-state index in [0.29, 0.717) is 25.1 Å². The second kappa shape index (κ2) is 6.41. The highest BCUT2D eigenvalue weighted by molar-refractivity contribution is 5.82. The van der Waals surface area contributed by atoms with Crippen LogP contribution >= 0.6 is 0 Å². The Bertz CT molecular complexity index is 346. The first kappa shape index (κ1) is 15.7. The molecule has 20 heavy (non-hydrogen) atoms. The van der Waals surface area contributed by atoms with Crippen LogP contribution in [0.3, 0.4) is 0 Å². The van der Waals surface area contributed by atoms with Gasteiger partial charge in [0.1, 0.15) is 5.54 Å². The van der Waals surface area contributed by atoms with Crippen molar-refractivity contribution in [3.05, 3.63) is 0 Å². The maximum absolute atomic E-state index is 12.2. The Morgan fingerprint density at radius 3 is 2.65 bits per heavy atom. The van der Waals surface area contributed by atoms with Crippen LogP contribution in [0.5, 0.6) is 0 Å². The summed E-state index contributed by atoms with van der Waals surface area (Å²) in [4.78, 5) is 16.8. The average Bonchev–Trinajstić information content (AvgIpc) is 3.16. The van der Waals surface area contributed by atoms with Crippen LogP contribution in [0.2, 0.25) is 0 Å². The second-order valence-electron chi connectivity index (χ2n) is 6.51.